The number of amides is 2. The van der Waals surface area contributed by atoms with Crippen LogP contribution in [-0.4, -0.2) is 28.2 Å². The fraction of sp³-hybridized carbons (Fsp3) is 0.105. The lowest BCUT2D eigenvalue weighted by Crippen LogP contribution is -2.42. The van der Waals surface area contributed by atoms with Crippen LogP contribution in [0.4, 0.5) is 4.39 Å². The molecule has 1 atom stereocenters. The quantitative estimate of drug-likeness (QED) is 0.687. The number of imide groups is 1. The van der Waals surface area contributed by atoms with Gasteiger partial charge in [0.25, 0.3) is 11.8 Å². The Labute approximate surface area is 142 Å². The van der Waals surface area contributed by atoms with Crippen molar-refractivity contribution in [2.24, 2.45) is 0 Å². The average Bonchev–Trinajstić information content (AvgIpc) is 3.27. The van der Waals surface area contributed by atoms with Gasteiger partial charge in [0.2, 0.25) is 11.6 Å². The Morgan fingerprint density at radius 3 is 2.12 bits per heavy atom. The van der Waals surface area contributed by atoms with Crippen LogP contribution in [0.1, 0.15) is 32.2 Å². The van der Waals surface area contributed by atoms with Crippen LogP contribution in [0.25, 0.3) is 0 Å². The summed E-state index contributed by atoms with van der Waals surface area (Å²) in [5.74, 6) is -1.24. The van der Waals surface area contributed by atoms with E-state index in [1.807, 2.05) is 0 Å². The third-order valence-electron chi connectivity index (χ3n) is 4.26. The largest absolute Gasteiger partial charge is 0.445 e. The van der Waals surface area contributed by atoms with Crippen molar-refractivity contribution in [3.63, 3.8) is 0 Å². The van der Waals surface area contributed by atoms with Crippen LogP contribution in [0.5, 0.6) is 0 Å². The molecule has 2 aromatic carbocycles. The summed E-state index contributed by atoms with van der Waals surface area (Å²) in [6.07, 6.45) is 2.59. The van der Waals surface area contributed by atoms with Crippen LogP contribution in [0.3, 0.4) is 0 Å². The molecule has 5 nitrogen and oxygen atoms in total. The molecule has 4 rings (SSSR count). The summed E-state index contributed by atoms with van der Waals surface area (Å²) in [6.45, 7) is -0.510. The van der Waals surface area contributed by atoms with Crippen molar-refractivity contribution < 1.29 is 18.4 Å². The van der Waals surface area contributed by atoms with Gasteiger partial charge in [0.15, 0.2) is 0 Å². The predicted molar refractivity (Wildman–Crippen MR) is 86.6 cm³/mol. The van der Waals surface area contributed by atoms with Crippen LogP contribution < -0.4 is 0 Å². The van der Waals surface area contributed by atoms with Crippen LogP contribution in [0, 0.1) is 0 Å². The highest BCUT2D eigenvalue weighted by Crippen LogP contribution is 2.36. The molecule has 124 valence electrons. The molecule has 0 fully saturated rings. The molecule has 0 radical (unpaired) electrons. The van der Waals surface area contributed by atoms with Crippen molar-refractivity contribution in [2.75, 3.05) is 6.54 Å². The summed E-state index contributed by atoms with van der Waals surface area (Å²) in [4.78, 5) is 30.0. The first-order chi connectivity index (χ1) is 12.1. The summed E-state index contributed by atoms with van der Waals surface area (Å²) < 4.78 is 21.2. The van der Waals surface area contributed by atoms with E-state index in [9.17, 15) is 9.59 Å². The van der Waals surface area contributed by atoms with E-state index in [0.29, 0.717) is 0 Å². The number of nitrogens with zero attached hydrogens (tertiary/aromatic N) is 2. The molecule has 1 aliphatic heterocycles. The Morgan fingerprint density at radius 1 is 0.960 bits per heavy atom. The third-order valence-corrected chi connectivity index (χ3v) is 4.26. The van der Waals surface area contributed by atoms with Crippen LogP contribution in [0.2, 0.25) is 0 Å². The summed E-state index contributed by atoms with van der Waals surface area (Å²) in [7, 11) is 0. The summed E-state index contributed by atoms with van der Waals surface area (Å²) in [6, 6.07) is 14.7. The number of hydrogen-bond acceptors (Lipinski definition) is 4. The Bertz CT molecular complexity index is 905. The van der Waals surface area contributed by atoms with Gasteiger partial charge >= 0.3 is 0 Å². The minimum Gasteiger partial charge on any atom is -0.445 e. The highest BCUT2D eigenvalue weighted by molar-refractivity contribution is 6.21. The van der Waals surface area contributed by atoms with Gasteiger partial charge < -0.3 is 4.42 Å². The number of benzene rings is 2. The second-order valence-electron chi connectivity index (χ2n) is 5.75. The molecule has 6 heteroatoms. The van der Waals surface area contributed by atoms with Gasteiger partial charge in [-0.2, -0.15) is 0 Å². The lowest BCUT2D eigenvalue weighted by molar-refractivity contribution is 0.0512. The molecular weight excluding hydrogens is 323 g/mol. The third kappa shape index (κ3) is 2.34. The number of rotatable bonds is 4. The van der Waals surface area contributed by atoms with E-state index in [1.165, 1.54) is 12.5 Å². The summed E-state index contributed by atoms with van der Waals surface area (Å²) in [5.41, 5.74) is -1.43. The lowest BCUT2D eigenvalue weighted by Gasteiger charge is -2.27. The fourth-order valence-electron chi connectivity index (χ4n) is 3.00. The molecule has 0 spiro atoms. The number of carbonyl (C=O) groups excluding carboxylic acids is 2. The molecule has 1 aliphatic rings. The molecule has 0 saturated heterocycles. The lowest BCUT2D eigenvalue weighted by atomic mass is 9.94. The molecule has 0 saturated carbocycles. The molecule has 2 heterocycles. The van der Waals surface area contributed by atoms with Gasteiger partial charge in [-0.3, -0.25) is 14.5 Å². The second kappa shape index (κ2) is 5.66. The molecule has 2 amide bonds. The van der Waals surface area contributed by atoms with Crippen molar-refractivity contribution in [3.8, 4) is 0 Å². The van der Waals surface area contributed by atoms with Gasteiger partial charge in [0, 0.05) is 5.56 Å². The van der Waals surface area contributed by atoms with E-state index in [0.717, 1.165) is 4.90 Å². The number of carbonyl (C=O) groups is 2. The smallest absolute Gasteiger partial charge is 0.261 e. The number of fused-ring (bicyclic) bond motifs is 1. The van der Waals surface area contributed by atoms with Crippen LogP contribution in [-0.2, 0) is 5.67 Å². The monoisotopic (exact) mass is 336 g/mol. The molecule has 0 aliphatic carbocycles. The van der Waals surface area contributed by atoms with Gasteiger partial charge in [0.1, 0.15) is 6.26 Å². The van der Waals surface area contributed by atoms with E-state index < -0.39 is 24.0 Å². The van der Waals surface area contributed by atoms with Gasteiger partial charge in [-0.15, -0.1) is 0 Å². The van der Waals surface area contributed by atoms with Crippen molar-refractivity contribution in [3.05, 3.63) is 89.6 Å². The first-order valence-electron chi connectivity index (χ1n) is 7.71. The van der Waals surface area contributed by atoms with Crippen molar-refractivity contribution >= 4 is 11.8 Å². The van der Waals surface area contributed by atoms with E-state index in [1.54, 1.807) is 54.6 Å². The summed E-state index contributed by atoms with van der Waals surface area (Å²) in [5, 5.41) is 0. The summed E-state index contributed by atoms with van der Waals surface area (Å²) >= 11 is 0. The second-order valence-corrected chi connectivity index (χ2v) is 5.75. The number of halogens is 1. The van der Waals surface area contributed by atoms with Gasteiger partial charge in [-0.1, -0.05) is 42.5 Å². The first kappa shape index (κ1) is 15.3. The maximum atomic E-state index is 16.0. The molecule has 1 aromatic heterocycles. The zero-order valence-electron chi connectivity index (χ0n) is 13.1. The minimum absolute atomic E-state index is 0.199. The number of oxazole rings is 1. The normalized spacial score (nSPS) is 16.0. The molecular formula is C19H13FN2O3. The van der Waals surface area contributed by atoms with Crippen molar-refractivity contribution in [1.29, 1.82) is 0 Å². The highest BCUT2D eigenvalue weighted by atomic mass is 19.1. The zero-order chi connectivity index (χ0) is 17.4. The van der Waals surface area contributed by atoms with E-state index in [4.69, 9.17) is 4.42 Å². The van der Waals surface area contributed by atoms with E-state index >= 15 is 4.39 Å². The Kier molecular flexibility index (Phi) is 3.46. The minimum atomic E-state index is -2.24. The fourth-order valence-corrected chi connectivity index (χ4v) is 3.00. The Morgan fingerprint density at radius 2 is 1.56 bits per heavy atom. The Balaban J connectivity index is 1.77. The average molecular weight is 336 g/mol. The van der Waals surface area contributed by atoms with Crippen molar-refractivity contribution in [1.82, 2.24) is 9.88 Å². The van der Waals surface area contributed by atoms with Gasteiger partial charge in [0.05, 0.1) is 23.9 Å². The predicted octanol–water partition coefficient (Wildman–Crippen LogP) is 3.18. The van der Waals surface area contributed by atoms with Gasteiger partial charge in [-0.05, 0) is 12.1 Å². The topological polar surface area (TPSA) is 63.4 Å². The molecule has 0 N–H and O–H groups in total. The highest BCUT2D eigenvalue weighted by Gasteiger charge is 2.46. The number of aromatic nitrogens is 1. The molecule has 1 unspecified atom stereocenters. The maximum absolute atomic E-state index is 16.0. The molecule has 25 heavy (non-hydrogen) atoms. The van der Waals surface area contributed by atoms with Crippen molar-refractivity contribution in [2.45, 2.75) is 5.67 Å². The maximum Gasteiger partial charge on any atom is 0.261 e. The molecule has 0 bridgehead atoms. The van der Waals surface area contributed by atoms with E-state index in [2.05, 4.69) is 4.98 Å². The zero-order valence-corrected chi connectivity index (χ0v) is 13.1. The van der Waals surface area contributed by atoms with Crippen LogP contribution >= 0.6 is 0 Å². The first-order valence-corrected chi connectivity index (χ1v) is 7.71. The number of hydrogen-bond donors (Lipinski definition) is 0. The SMILES string of the molecule is O=C1c2ccccc2C(=O)N1CC(F)(c1ccccc1)c1ncco1. The van der Waals surface area contributed by atoms with E-state index in [-0.39, 0.29) is 22.6 Å². The molecule has 3 aromatic rings. The van der Waals surface area contributed by atoms with Crippen LogP contribution in [0.15, 0.2) is 71.5 Å². The number of alkyl halides is 1. The Hall–Kier alpha value is -3.28. The van der Waals surface area contributed by atoms with Gasteiger partial charge in [-0.25, -0.2) is 9.37 Å². The standard InChI is InChI=1S/C19H13FN2O3/c20-19(18-21-10-11-25-18,13-6-2-1-3-7-13)12-22-16(23)14-8-4-5-9-15(14)17(22)24/h1-11H,12H2.